The molecule has 0 atom stereocenters. The number of aliphatic imine (C=N–C) groups is 1. The minimum Gasteiger partial charge on any atom is -0.492 e. The van der Waals surface area contributed by atoms with Gasteiger partial charge in [-0.3, -0.25) is 4.99 Å². The van der Waals surface area contributed by atoms with Gasteiger partial charge in [0, 0.05) is 13.7 Å². The van der Waals surface area contributed by atoms with Gasteiger partial charge in [0.15, 0.2) is 16.3 Å². The van der Waals surface area contributed by atoms with Gasteiger partial charge in [-0.25, -0.2) is 0 Å². The Balaban J connectivity index is 2.21. The minimum absolute atomic E-state index is 0.544. The molecular weight excluding hydrogens is 231 g/mol. The summed E-state index contributed by atoms with van der Waals surface area (Å²) < 4.78 is 11.8. The number of nitrogens with one attached hydrogen (secondary N) is 1. The Morgan fingerprint density at radius 1 is 1.41 bits per heavy atom. The first-order valence-corrected chi connectivity index (χ1v) is 6.19. The molecule has 0 spiro atoms. The second-order valence-corrected chi connectivity index (χ2v) is 4.34. The van der Waals surface area contributed by atoms with Crippen LogP contribution >= 0.6 is 0 Å². The molecule has 1 N–H and O–H groups in total. The molecule has 1 aliphatic heterocycles. The lowest BCUT2D eigenvalue weighted by Gasteiger charge is -2.15. The number of nitrogens with zero attached hydrogens (tertiary/aromatic N) is 1. The number of para-hydroxylation sites is 1. The van der Waals surface area contributed by atoms with Crippen molar-refractivity contribution in [3.8, 4) is 5.75 Å². The van der Waals surface area contributed by atoms with Crippen molar-refractivity contribution in [2.24, 2.45) is 4.99 Å². The van der Waals surface area contributed by atoms with Gasteiger partial charge in [0.2, 0.25) is 0 Å². The van der Waals surface area contributed by atoms with Crippen molar-refractivity contribution in [2.75, 3.05) is 33.4 Å². The van der Waals surface area contributed by atoms with Crippen molar-refractivity contribution in [2.45, 2.75) is 0 Å². The summed E-state index contributed by atoms with van der Waals surface area (Å²) in [5.74, 6) is 1.78. The van der Waals surface area contributed by atoms with Crippen LogP contribution in [0.15, 0.2) is 23.2 Å². The number of rotatable bonds is 5. The van der Waals surface area contributed by atoms with Crippen LogP contribution in [0, 0.1) is 0 Å². The maximum atomic E-state index is 5.75. The highest BCUT2D eigenvalue weighted by Gasteiger charge is 2.14. The third-order valence-electron chi connectivity index (χ3n) is 2.51. The molecule has 0 fully saturated rings. The molecule has 2 rings (SSSR count). The second kappa shape index (κ2) is 6.06. The predicted molar refractivity (Wildman–Crippen MR) is 68.6 cm³/mol. The summed E-state index contributed by atoms with van der Waals surface area (Å²) in [7, 11) is 1.67. The summed E-state index contributed by atoms with van der Waals surface area (Å²) in [4.78, 5) is 4.42. The summed E-state index contributed by atoms with van der Waals surface area (Å²) in [6, 6.07) is 6.03. The van der Waals surface area contributed by atoms with E-state index in [1.165, 1.54) is 0 Å². The molecule has 0 saturated heterocycles. The minimum atomic E-state index is 0.544. The number of ether oxygens (including phenoxy) is 2. The predicted octanol–water partition coefficient (Wildman–Crippen LogP) is -0.145. The fourth-order valence-corrected chi connectivity index (χ4v) is 2.06. The first-order chi connectivity index (χ1) is 8.33. The molecule has 0 aromatic heterocycles. The Labute approximate surface area is 109 Å². The SMILES string of the molecule is COCCOc1[c]([Al])cccc1C1=NCCN1. The van der Waals surface area contributed by atoms with Crippen LogP contribution in [0.25, 0.3) is 0 Å². The van der Waals surface area contributed by atoms with Crippen LogP contribution in [-0.4, -0.2) is 55.5 Å². The third-order valence-corrected chi connectivity index (χ3v) is 2.96. The van der Waals surface area contributed by atoms with Gasteiger partial charge in [-0.2, -0.15) is 0 Å². The van der Waals surface area contributed by atoms with Gasteiger partial charge < -0.3 is 14.8 Å². The van der Waals surface area contributed by atoms with Gasteiger partial charge in [0.1, 0.15) is 18.2 Å². The van der Waals surface area contributed by atoms with E-state index in [0.717, 1.165) is 34.7 Å². The molecule has 5 heteroatoms. The van der Waals surface area contributed by atoms with Gasteiger partial charge in [-0.1, -0.05) is 16.6 Å². The van der Waals surface area contributed by atoms with Crippen LogP contribution in [0.1, 0.15) is 5.56 Å². The lowest BCUT2D eigenvalue weighted by atomic mass is 10.2. The quantitative estimate of drug-likeness (QED) is 0.580. The van der Waals surface area contributed by atoms with Gasteiger partial charge in [-0.15, -0.1) is 0 Å². The summed E-state index contributed by atoms with van der Waals surface area (Å²) in [6.45, 7) is 2.85. The Morgan fingerprint density at radius 3 is 3.00 bits per heavy atom. The zero-order chi connectivity index (χ0) is 12.1. The van der Waals surface area contributed by atoms with Crippen LogP contribution in [0.3, 0.4) is 0 Å². The van der Waals surface area contributed by atoms with E-state index in [2.05, 4.69) is 26.6 Å². The highest BCUT2D eigenvalue weighted by Crippen LogP contribution is 2.16. The molecule has 1 aliphatic rings. The van der Waals surface area contributed by atoms with E-state index in [-0.39, 0.29) is 0 Å². The molecule has 17 heavy (non-hydrogen) atoms. The van der Waals surface area contributed by atoms with Crippen LogP contribution in [0.5, 0.6) is 5.75 Å². The zero-order valence-corrected chi connectivity index (χ0v) is 11.1. The van der Waals surface area contributed by atoms with E-state index in [9.17, 15) is 0 Å². The van der Waals surface area contributed by atoms with Crippen LogP contribution in [-0.2, 0) is 4.74 Å². The first-order valence-electron chi connectivity index (χ1n) is 5.62. The molecule has 1 aromatic carbocycles. The maximum Gasteiger partial charge on any atom is 0.181 e. The van der Waals surface area contributed by atoms with E-state index >= 15 is 0 Å². The number of hydrogen-bond donors (Lipinski definition) is 1. The fraction of sp³-hybridized carbons (Fsp3) is 0.417. The average Bonchev–Trinajstić information content (AvgIpc) is 2.85. The lowest BCUT2D eigenvalue weighted by Crippen LogP contribution is -2.23. The summed E-state index contributed by atoms with van der Waals surface area (Å²) in [6.07, 6.45) is 0. The van der Waals surface area contributed by atoms with Crippen LogP contribution < -0.4 is 14.5 Å². The molecule has 0 unspecified atom stereocenters. The molecule has 0 saturated carbocycles. The average molecular weight is 246 g/mol. The zero-order valence-electron chi connectivity index (χ0n) is 9.90. The van der Waals surface area contributed by atoms with Gasteiger partial charge >= 0.3 is 0 Å². The second-order valence-electron chi connectivity index (χ2n) is 3.72. The van der Waals surface area contributed by atoms with Crippen molar-refractivity contribution < 1.29 is 9.47 Å². The molecule has 2 radical (unpaired) electrons. The van der Waals surface area contributed by atoms with Crippen molar-refractivity contribution in [3.05, 3.63) is 23.8 Å². The number of methoxy groups -OCH3 is 1. The lowest BCUT2D eigenvalue weighted by molar-refractivity contribution is 0.147. The monoisotopic (exact) mass is 246 g/mol. The van der Waals surface area contributed by atoms with Crippen molar-refractivity contribution in [1.82, 2.24) is 5.32 Å². The Bertz CT molecular complexity index is 421. The number of hydrogen-bond acceptors (Lipinski definition) is 4. The number of benzene rings is 1. The van der Waals surface area contributed by atoms with E-state index < -0.39 is 0 Å². The molecular formula is C12H15AlN2O2. The standard InChI is InChI=1S/C12H15N2O2.Al/c1-15-8-9-16-11-5-3-2-4-10(11)12-13-6-7-14-12;/h2-4H,6-9H2,1H3,(H,13,14);. The van der Waals surface area contributed by atoms with Gasteiger partial charge in [0.25, 0.3) is 0 Å². The number of amidine groups is 1. The van der Waals surface area contributed by atoms with E-state index in [1.54, 1.807) is 7.11 Å². The van der Waals surface area contributed by atoms with E-state index in [1.807, 2.05) is 18.2 Å². The molecule has 4 nitrogen and oxygen atoms in total. The van der Waals surface area contributed by atoms with Gasteiger partial charge in [-0.05, 0) is 6.07 Å². The summed E-state index contributed by atoms with van der Waals surface area (Å²) in [5.41, 5.74) is 1.02. The highest BCUT2D eigenvalue weighted by molar-refractivity contribution is 6.35. The molecule has 0 bridgehead atoms. The van der Waals surface area contributed by atoms with Crippen molar-refractivity contribution in [3.63, 3.8) is 0 Å². The van der Waals surface area contributed by atoms with E-state index in [0.29, 0.717) is 13.2 Å². The smallest absolute Gasteiger partial charge is 0.181 e. The first kappa shape index (κ1) is 12.4. The van der Waals surface area contributed by atoms with Crippen LogP contribution in [0.2, 0.25) is 0 Å². The Kier molecular flexibility index (Phi) is 4.44. The van der Waals surface area contributed by atoms with Gasteiger partial charge in [0.05, 0.1) is 18.7 Å². The third kappa shape index (κ3) is 3.01. The van der Waals surface area contributed by atoms with Crippen LogP contribution in [0.4, 0.5) is 0 Å². The molecule has 88 valence electrons. The van der Waals surface area contributed by atoms with Crippen molar-refractivity contribution >= 4 is 26.6 Å². The molecule has 0 amide bonds. The Hall–Kier alpha value is -1.02. The molecule has 1 aromatic rings. The van der Waals surface area contributed by atoms with Crippen molar-refractivity contribution in [1.29, 1.82) is 0 Å². The summed E-state index contributed by atoms with van der Waals surface area (Å²) in [5, 5.41) is 3.26. The molecule has 1 heterocycles. The summed E-state index contributed by atoms with van der Waals surface area (Å²) >= 11 is 2.69. The normalized spacial score (nSPS) is 14.3. The fourth-order valence-electron chi connectivity index (χ4n) is 1.71. The highest BCUT2D eigenvalue weighted by atomic mass is 27.0. The van der Waals surface area contributed by atoms with E-state index in [4.69, 9.17) is 9.47 Å². The largest absolute Gasteiger partial charge is 0.492 e. The Morgan fingerprint density at radius 2 is 2.29 bits per heavy atom. The molecule has 0 aliphatic carbocycles. The topological polar surface area (TPSA) is 42.9 Å². The maximum absolute atomic E-state index is 5.75.